The van der Waals surface area contributed by atoms with Gasteiger partial charge in [0, 0.05) is 12.6 Å². The normalized spacial score (nSPS) is 15.7. The van der Waals surface area contributed by atoms with E-state index < -0.39 is 11.4 Å². The molecule has 0 bridgehead atoms. The fourth-order valence-corrected chi connectivity index (χ4v) is 1.43. The number of urea groups is 1. The van der Waals surface area contributed by atoms with Gasteiger partial charge in [0.15, 0.2) is 0 Å². The Balaban J connectivity index is 4.08. The van der Waals surface area contributed by atoms with E-state index in [9.17, 15) is 9.59 Å². The van der Waals surface area contributed by atoms with Crippen LogP contribution in [0, 0.1) is 5.41 Å². The average Bonchev–Trinajstić information content (AvgIpc) is 2.33. The molecule has 2 atom stereocenters. The van der Waals surface area contributed by atoms with Crippen molar-refractivity contribution in [2.75, 3.05) is 27.2 Å². The van der Waals surface area contributed by atoms with Gasteiger partial charge >= 0.3 is 12.0 Å². The number of nitrogens with one attached hydrogen (secondary N) is 2. The predicted molar refractivity (Wildman–Crippen MR) is 75.2 cm³/mol. The van der Waals surface area contributed by atoms with Gasteiger partial charge in [0.25, 0.3) is 0 Å². The third-order valence-electron chi connectivity index (χ3n) is 3.32. The van der Waals surface area contributed by atoms with E-state index in [1.165, 1.54) is 0 Å². The lowest BCUT2D eigenvalue weighted by atomic mass is 9.88. The molecule has 2 unspecified atom stereocenters. The van der Waals surface area contributed by atoms with Crippen molar-refractivity contribution in [1.29, 1.82) is 0 Å². The van der Waals surface area contributed by atoms with Gasteiger partial charge in [0.05, 0.1) is 5.41 Å². The molecule has 0 fully saturated rings. The minimum atomic E-state index is -0.912. The number of amides is 2. The maximum absolute atomic E-state index is 11.7. The summed E-state index contributed by atoms with van der Waals surface area (Å²) in [7, 11) is 3.96. The van der Waals surface area contributed by atoms with E-state index in [1.807, 2.05) is 21.0 Å². The van der Waals surface area contributed by atoms with Crippen LogP contribution < -0.4 is 10.6 Å². The van der Waals surface area contributed by atoms with E-state index in [0.29, 0.717) is 6.42 Å². The highest BCUT2D eigenvalue weighted by Gasteiger charge is 2.31. The Hall–Kier alpha value is -1.30. The van der Waals surface area contributed by atoms with Crippen molar-refractivity contribution in [2.24, 2.45) is 5.41 Å². The highest BCUT2D eigenvalue weighted by molar-refractivity contribution is 5.77. The Kier molecular flexibility index (Phi) is 7.44. The number of aliphatic carboxylic acids is 1. The molecular weight excluding hydrogens is 246 g/mol. The number of carboxylic acid groups (broad SMARTS) is 1. The van der Waals surface area contributed by atoms with Gasteiger partial charge < -0.3 is 20.6 Å². The van der Waals surface area contributed by atoms with Gasteiger partial charge in [-0.1, -0.05) is 6.92 Å². The smallest absolute Gasteiger partial charge is 0.315 e. The summed E-state index contributed by atoms with van der Waals surface area (Å²) in [4.78, 5) is 24.8. The number of rotatable bonds is 8. The molecule has 0 rings (SSSR count). The number of carbonyl (C=O) groups is 2. The van der Waals surface area contributed by atoms with Crippen LogP contribution in [-0.2, 0) is 4.79 Å². The third-order valence-corrected chi connectivity index (χ3v) is 3.32. The van der Waals surface area contributed by atoms with E-state index in [1.54, 1.807) is 13.8 Å². The number of carbonyl (C=O) groups excluding carboxylic acids is 1. The van der Waals surface area contributed by atoms with Crippen molar-refractivity contribution >= 4 is 12.0 Å². The Labute approximate surface area is 115 Å². The molecule has 0 aromatic heterocycles. The van der Waals surface area contributed by atoms with Crippen LogP contribution in [-0.4, -0.2) is 55.2 Å². The van der Waals surface area contributed by atoms with Gasteiger partial charge in [-0.2, -0.15) is 0 Å². The predicted octanol–water partition coefficient (Wildman–Crippen LogP) is 1.13. The molecule has 0 saturated heterocycles. The quantitative estimate of drug-likeness (QED) is 0.619. The molecular formula is C13H27N3O3. The fraction of sp³-hybridized carbons (Fsp3) is 0.846. The van der Waals surface area contributed by atoms with Crippen LogP contribution in [0.25, 0.3) is 0 Å². The third kappa shape index (κ3) is 7.00. The Morgan fingerprint density at radius 1 is 1.37 bits per heavy atom. The molecule has 0 spiro atoms. The molecule has 0 aliphatic carbocycles. The number of carboxylic acids is 1. The monoisotopic (exact) mass is 273 g/mol. The lowest BCUT2D eigenvalue weighted by molar-refractivity contribution is -0.147. The zero-order valence-electron chi connectivity index (χ0n) is 12.6. The van der Waals surface area contributed by atoms with Crippen molar-refractivity contribution in [2.45, 2.75) is 39.7 Å². The molecule has 0 radical (unpaired) electrons. The lowest BCUT2D eigenvalue weighted by Gasteiger charge is -2.24. The summed E-state index contributed by atoms with van der Waals surface area (Å²) >= 11 is 0. The summed E-state index contributed by atoms with van der Waals surface area (Å²) < 4.78 is 0. The minimum absolute atomic E-state index is 0.0557. The van der Waals surface area contributed by atoms with Crippen molar-refractivity contribution in [3.63, 3.8) is 0 Å². The first-order valence-electron chi connectivity index (χ1n) is 6.63. The van der Waals surface area contributed by atoms with E-state index in [2.05, 4.69) is 15.5 Å². The lowest BCUT2D eigenvalue weighted by Crippen LogP contribution is -2.47. The maximum Gasteiger partial charge on any atom is 0.315 e. The second kappa shape index (κ2) is 7.99. The van der Waals surface area contributed by atoms with Crippen molar-refractivity contribution in [3.8, 4) is 0 Å². The van der Waals surface area contributed by atoms with Gasteiger partial charge in [-0.05, 0) is 47.3 Å². The zero-order valence-corrected chi connectivity index (χ0v) is 12.6. The molecule has 6 heteroatoms. The van der Waals surface area contributed by atoms with Crippen LogP contribution in [0.4, 0.5) is 4.79 Å². The van der Waals surface area contributed by atoms with Gasteiger partial charge in [0.1, 0.15) is 0 Å². The maximum atomic E-state index is 11.7. The van der Waals surface area contributed by atoms with Crippen LogP contribution >= 0.6 is 0 Å². The summed E-state index contributed by atoms with van der Waals surface area (Å²) in [5.41, 5.74) is -0.912. The number of nitrogens with zero attached hydrogens (tertiary/aromatic N) is 1. The van der Waals surface area contributed by atoms with Crippen LogP contribution in [0.5, 0.6) is 0 Å². The molecule has 0 aliphatic heterocycles. The first kappa shape index (κ1) is 17.7. The molecule has 0 aromatic rings. The number of hydrogen-bond donors (Lipinski definition) is 3. The first-order valence-corrected chi connectivity index (χ1v) is 6.63. The molecule has 0 aliphatic rings. The topological polar surface area (TPSA) is 81.7 Å². The summed E-state index contributed by atoms with van der Waals surface area (Å²) in [5.74, 6) is -0.893. The van der Waals surface area contributed by atoms with Crippen LogP contribution in [0.1, 0.15) is 33.6 Å². The zero-order chi connectivity index (χ0) is 15.1. The highest BCUT2D eigenvalue weighted by Crippen LogP contribution is 2.19. The summed E-state index contributed by atoms with van der Waals surface area (Å²) in [6.45, 7) is 6.38. The Bertz CT molecular complexity index is 308. The van der Waals surface area contributed by atoms with E-state index in [4.69, 9.17) is 5.11 Å². The summed E-state index contributed by atoms with van der Waals surface area (Å²) in [6.07, 6.45) is 1.32. The van der Waals surface area contributed by atoms with E-state index >= 15 is 0 Å². The molecule has 0 saturated carbocycles. The standard InChI is InChI=1S/C13H27N3O3/c1-6-13(3,11(17)18)9-14-12(19)15-10(2)7-8-16(4)5/h10H,6-9H2,1-5H3,(H,17,18)(H2,14,15,19). The van der Waals surface area contributed by atoms with Crippen LogP contribution in [0.15, 0.2) is 0 Å². The summed E-state index contributed by atoms with van der Waals surface area (Å²) in [6, 6.07) is -0.257. The van der Waals surface area contributed by atoms with Gasteiger partial charge in [0.2, 0.25) is 0 Å². The minimum Gasteiger partial charge on any atom is -0.481 e. The van der Waals surface area contributed by atoms with Gasteiger partial charge in [-0.15, -0.1) is 0 Å². The molecule has 19 heavy (non-hydrogen) atoms. The Morgan fingerprint density at radius 2 is 1.95 bits per heavy atom. The van der Waals surface area contributed by atoms with Crippen LogP contribution in [0.2, 0.25) is 0 Å². The molecule has 112 valence electrons. The molecule has 6 nitrogen and oxygen atoms in total. The van der Waals surface area contributed by atoms with Gasteiger partial charge in [-0.25, -0.2) is 4.79 Å². The SMILES string of the molecule is CCC(C)(CNC(=O)NC(C)CCN(C)C)C(=O)O. The second-order valence-electron chi connectivity index (χ2n) is 5.54. The average molecular weight is 273 g/mol. The molecule has 2 amide bonds. The molecule has 0 aromatic carbocycles. The summed E-state index contributed by atoms with van der Waals surface area (Å²) in [5, 5.41) is 14.5. The Morgan fingerprint density at radius 3 is 2.37 bits per heavy atom. The van der Waals surface area contributed by atoms with Gasteiger partial charge in [-0.3, -0.25) is 4.79 Å². The van der Waals surface area contributed by atoms with E-state index in [-0.39, 0.29) is 18.6 Å². The van der Waals surface area contributed by atoms with Crippen molar-refractivity contribution < 1.29 is 14.7 Å². The highest BCUT2D eigenvalue weighted by atomic mass is 16.4. The second-order valence-corrected chi connectivity index (χ2v) is 5.54. The largest absolute Gasteiger partial charge is 0.481 e. The van der Waals surface area contributed by atoms with Crippen LogP contribution in [0.3, 0.4) is 0 Å². The first-order chi connectivity index (χ1) is 8.71. The van der Waals surface area contributed by atoms with Crippen molar-refractivity contribution in [1.82, 2.24) is 15.5 Å². The fourth-order valence-electron chi connectivity index (χ4n) is 1.43. The molecule has 0 heterocycles. The molecule has 3 N–H and O–H groups in total. The number of hydrogen-bond acceptors (Lipinski definition) is 3. The van der Waals surface area contributed by atoms with E-state index in [0.717, 1.165) is 13.0 Å². The van der Waals surface area contributed by atoms with Crippen molar-refractivity contribution in [3.05, 3.63) is 0 Å².